The van der Waals surface area contributed by atoms with Crippen molar-refractivity contribution in [3.05, 3.63) is 118 Å². The maximum atomic E-state index is 13.2. The first-order valence-electron chi connectivity index (χ1n) is 10.7. The normalized spacial score (nSPS) is 11.6. The predicted molar refractivity (Wildman–Crippen MR) is 131 cm³/mol. The van der Waals surface area contributed by atoms with Crippen molar-refractivity contribution in [1.82, 2.24) is 9.13 Å². The van der Waals surface area contributed by atoms with Gasteiger partial charge in [-0.2, -0.15) is 0 Å². The molecule has 0 aliphatic heterocycles. The van der Waals surface area contributed by atoms with E-state index < -0.39 is 22.2 Å². The maximum absolute atomic E-state index is 13.2. The van der Waals surface area contributed by atoms with Crippen LogP contribution in [0.25, 0.3) is 27.2 Å². The standard InChI is InChI=1S/C27H22N2O4/c1-14-5-6-17(9-15(14)2)11-18-7-8-23(16(3)10-18)29-26(32)21-12-19-20(13-22(21)27(29)33)25(31)28(4)24(19)30/h5-10,12-13H,11H2,1-4H3. The molecule has 0 bridgehead atoms. The van der Waals surface area contributed by atoms with E-state index in [4.69, 9.17) is 0 Å². The average Bonchev–Trinajstić information content (AvgIpc) is 3.15. The fraction of sp³-hybridized carbons (Fsp3) is 0.185. The fourth-order valence-corrected chi connectivity index (χ4v) is 4.54. The van der Waals surface area contributed by atoms with Gasteiger partial charge in [0.05, 0.1) is 27.2 Å². The van der Waals surface area contributed by atoms with Crippen LogP contribution in [0.1, 0.15) is 27.8 Å². The molecule has 0 saturated carbocycles. The van der Waals surface area contributed by atoms with Crippen molar-refractivity contribution in [1.29, 1.82) is 0 Å². The summed E-state index contributed by atoms with van der Waals surface area (Å²) in [6, 6.07) is 14.8. The fourth-order valence-electron chi connectivity index (χ4n) is 4.54. The highest BCUT2D eigenvalue weighted by Gasteiger charge is 2.20. The summed E-state index contributed by atoms with van der Waals surface area (Å²) < 4.78 is 2.12. The summed E-state index contributed by atoms with van der Waals surface area (Å²) in [5.41, 5.74) is 4.14. The zero-order valence-corrected chi connectivity index (χ0v) is 18.9. The maximum Gasteiger partial charge on any atom is 0.266 e. The van der Waals surface area contributed by atoms with Crippen molar-refractivity contribution in [2.75, 3.05) is 0 Å². The molecule has 33 heavy (non-hydrogen) atoms. The van der Waals surface area contributed by atoms with E-state index in [0.29, 0.717) is 5.69 Å². The summed E-state index contributed by atoms with van der Waals surface area (Å²) >= 11 is 0. The Morgan fingerprint density at radius 1 is 0.576 bits per heavy atom. The number of fused-ring (bicyclic) bond motifs is 2. The average molecular weight is 438 g/mol. The first kappa shape index (κ1) is 20.8. The second kappa shape index (κ2) is 7.24. The van der Waals surface area contributed by atoms with Crippen LogP contribution in [0, 0.1) is 20.8 Å². The van der Waals surface area contributed by atoms with Crippen molar-refractivity contribution in [3.8, 4) is 5.69 Å². The van der Waals surface area contributed by atoms with Gasteiger partial charge in [0.15, 0.2) is 0 Å². The molecule has 0 aliphatic rings. The Balaban J connectivity index is 1.63. The van der Waals surface area contributed by atoms with E-state index in [-0.39, 0.29) is 21.5 Å². The Hall–Kier alpha value is -4.06. The summed E-state index contributed by atoms with van der Waals surface area (Å²) in [6.07, 6.45) is 0.745. The van der Waals surface area contributed by atoms with E-state index in [1.807, 2.05) is 19.1 Å². The number of hydrogen-bond acceptors (Lipinski definition) is 4. The Morgan fingerprint density at radius 2 is 1.06 bits per heavy atom. The largest absolute Gasteiger partial charge is 0.277 e. The van der Waals surface area contributed by atoms with Crippen LogP contribution in [-0.4, -0.2) is 9.13 Å². The number of hydrogen-bond donors (Lipinski definition) is 0. The van der Waals surface area contributed by atoms with Crippen LogP contribution in [0.4, 0.5) is 0 Å². The minimum absolute atomic E-state index is 0.147. The molecule has 0 amide bonds. The minimum atomic E-state index is -0.488. The molecule has 2 aromatic heterocycles. The van der Waals surface area contributed by atoms with Crippen molar-refractivity contribution >= 4 is 21.5 Å². The van der Waals surface area contributed by atoms with Crippen molar-refractivity contribution in [2.24, 2.45) is 7.05 Å². The predicted octanol–water partition coefficient (Wildman–Crippen LogP) is 2.95. The van der Waals surface area contributed by atoms with Gasteiger partial charge in [0.2, 0.25) is 0 Å². The summed E-state index contributed by atoms with van der Waals surface area (Å²) in [4.78, 5) is 51.0. The molecular formula is C27H22N2O4. The highest BCUT2D eigenvalue weighted by Crippen LogP contribution is 2.20. The van der Waals surface area contributed by atoms with Gasteiger partial charge < -0.3 is 0 Å². The van der Waals surface area contributed by atoms with E-state index in [2.05, 4.69) is 32.0 Å². The van der Waals surface area contributed by atoms with Crippen molar-refractivity contribution in [2.45, 2.75) is 27.2 Å². The molecule has 0 N–H and O–H groups in total. The van der Waals surface area contributed by atoms with Gasteiger partial charge in [0.1, 0.15) is 0 Å². The second-order valence-electron chi connectivity index (χ2n) is 8.77. The zero-order chi connectivity index (χ0) is 23.6. The molecule has 3 aromatic carbocycles. The molecular weight excluding hydrogens is 416 g/mol. The summed E-state index contributed by atoms with van der Waals surface area (Å²) in [5.74, 6) is 0. The third-order valence-electron chi connectivity index (χ3n) is 6.58. The lowest BCUT2D eigenvalue weighted by Crippen LogP contribution is -2.24. The molecule has 0 radical (unpaired) electrons. The molecule has 6 heteroatoms. The molecule has 164 valence electrons. The number of aryl methyl sites for hydroxylation is 3. The van der Waals surface area contributed by atoms with E-state index in [9.17, 15) is 19.2 Å². The van der Waals surface area contributed by atoms with Crippen LogP contribution < -0.4 is 22.2 Å². The molecule has 6 nitrogen and oxygen atoms in total. The lowest BCUT2D eigenvalue weighted by atomic mass is 9.99. The first-order valence-corrected chi connectivity index (χ1v) is 10.7. The van der Waals surface area contributed by atoms with Crippen LogP contribution in [0.2, 0.25) is 0 Å². The first-order chi connectivity index (χ1) is 15.7. The third kappa shape index (κ3) is 3.09. The zero-order valence-electron chi connectivity index (χ0n) is 18.9. The number of aromatic nitrogens is 2. The molecule has 0 aliphatic carbocycles. The number of benzene rings is 3. The topological polar surface area (TPSA) is 78.1 Å². The highest BCUT2D eigenvalue weighted by atomic mass is 16.2. The van der Waals surface area contributed by atoms with E-state index >= 15 is 0 Å². The van der Waals surface area contributed by atoms with Gasteiger partial charge in [-0.3, -0.25) is 23.7 Å². The monoisotopic (exact) mass is 438 g/mol. The van der Waals surface area contributed by atoms with Gasteiger partial charge in [0, 0.05) is 7.05 Å². The Labute approximate surface area is 188 Å². The molecule has 5 aromatic rings. The van der Waals surface area contributed by atoms with Crippen molar-refractivity contribution < 1.29 is 0 Å². The molecule has 0 unspecified atom stereocenters. The quantitative estimate of drug-likeness (QED) is 0.434. The smallest absolute Gasteiger partial charge is 0.266 e. The SMILES string of the molecule is Cc1ccc(Cc2ccc(-n3c(=O)c4cc5c(=O)n(C)c(=O)c5cc4c3=O)c(C)c2)cc1C. The molecule has 0 atom stereocenters. The van der Waals surface area contributed by atoms with Gasteiger partial charge in [-0.25, -0.2) is 4.57 Å². The highest BCUT2D eigenvalue weighted by molar-refractivity contribution is 5.98. The number of nitrogens with zero attached hydrogens (tertiary/aromatic N) is 2. The number of rotatable bonds is 3. The Bertz CT molecular complexity index is 1730. The van der Waals surface area contributed by atoms with Crippen LogP contribution in [0.15, 0.2) is 67.7 Å². The van der Waals surface area contributed by atoms with Crippen LogP contribution in [0.3, 0.4) is 0 Å². The van der Waals surface area contributed by atoms with Crippen LogP contribution in [-0.2, 0) is 13.5 Å². The van der Waals surface area contributed by atoms with Crippen LogP contribution in [0.5, 0.6) is 0 Å². The van der Waals surface area contributed by atoms with Crippen molar-refractivity contribution in [3.63, 3.8) is 0 Å². The van der Waals surface area contributed by atoms with E-state index in [0.717, 1.165) is 26.7 Å². The summed E-state index contributed by atoms with van der Waals surface area (Å²) in [6.45, 7) is 6.04. The molecule has 0 saturated heterocycles. The second-order valence-corrected chi connectivity index (χ2v) is 8.77. The van der Waals surface area contributed by atoms with Gasteiger partial charge >= 0.3 is 0 Å². The van der Waals surface area contributed by atoms with Gasteiger partial charge in [-0.15, -0.1) is 0 Å². The third-order valence-corrected chi connectivity index (χ3v) is 6.58. The molecule has 2 heterocycles. The molecule has 0 fully saturated rings. The lowest BCUT2D eigenvalue weighted by molar-refractivity contribution is 0.856. The molecule has 0 spiro atoms. The minimum Gasteiger partial charge on any atom is -0.277 e. The summed E-state index contributed by atoms with van der Waals surface area (Å²) in [7, 11) is 1.38. The van der Waals surface area contributed by atoms with E-state index in [1.54, 1.807) is 6.07 Å². The van der Waals surface area contributed by atoms with Gasteiger partial charge in [-0.05, 0) is 73.2 Å². The van der Waals surface area contributed by atoms with E-state index in [1.165, 1.54) is 35.9 Å². The molecule has 5 rings (SSSR count). The lowest BCUT2D eigenvalue weighted by Gasteiger charge is -2.10. The van der Waals surface area contributed by atoms with Gasteiger partial charge in [0.25, 0.3) is 22.2 Å². The Kier molecular flexibility index (Phi) is 4.57. The van der Waals surface area contributed by atoms with Gasteiger partial charge in [-0.1, -0.05) is 30.3 Å². The Morgan fingerprint density at radius 3 is 1.58 bits per heavy atom. The van der Waals surface area contributed by atoms with Crippen LogP contribution >= 0.6 is 0 Å². The summed E-state index contributed by atoms with van der Waals surface area (Å²) in [5, 5.41) is 0.608.